The van der Waals surface area contributed by atoms with Gasteiger partial charge in [0.25, 0.3) is 0 Å². The molecule has 1 aromatic rings. The Bertz CT molecular complexity index is 358. The number of hydrogen-bond donors (Lipinski definition) is 1. The molecule has 0 radical (unpaired) electrons. The van der Waals surface area contributed by atoms with Crippen molar-refractivity contribution < 1.29 is 9.26 Å². The molecule has 0 unspecified atom stereocenters. The van der Waals surface area contributed by atoms with Gasteiger partial charge >= 0.3 is 0 Å². The Kier molecular flexibility index (Phi) is 3.76. The van der Waals surface area contributed by atoms with Crippen LogP contribution >= 0.6 is 0 Å². The van der Waals surface area contributed by atoms with Crippen LogP contribution in [0.1, 0.15) is 25.6 Å². The zero-order valence-electron chi connectivity index (χ0n) is 10.7. The van der Waals surface area contributed by atoms with Gasteiger partial charge in [-0.25, -0.2) is 0 Å². The predicted molar refractivity (Wildman–Crippen MR) is 62.5 cm³/mol. The van der Waals surface area contributed by atoms with Crippen LogP contribution in [0.15, 0.2) is 4.52 Å². The molecule has 0 aromatic carbocycles. The molecule has 1 aromatic heterocycles. The Hall–Kier alpha value is -0.980. The lowest BCUT2D eigenvalue weighted by Crippen LogP contribution is -2.42. The molecular formula is C11H20N4O2. The van der Waals surface area contributed by atoms with Crippen molar-refractivity contribution in [2.75, 3.05) is 33.3 Å². The second-order valence-corrected chi connectivity index (χ2v) is 4.75. The molecule has 1 aliphatic heterocycles. The fraction of sp³-hybridized carbons (Fsp3) is 0.818. The third-order valence-corrected chi connectivity index (χ3v) is 3.09. The number of aromatic nitrogens is 2. The van der Waals surface area contributed by atoms with E-state index < -0.39 is 5.60 Å². The first-order valence-electron chi connectivity index (χ1n) is 5.93. The first kappa shape index (κ1) is 12.5. The highest BCUT2D eigenvalue weighted by atomic mass is 16.5. The number of rotatable bonds is 4. The first-order valence-corrected chi connectivity index (χ1v) is 5.93. The Morgan fingerprint density at radius 3 is 2.76 bits per heavy atom. The van der Waals surface area contributed by atoms with E-state index in [0.29, 0.717) is 18.3 Å². The number of hydrogen-bond acceptors (Lipinski definition) is 6. The summed E-state index contributed by atoms with van der Waals surface area (Å²) in [6.07, 6.45) is 0. The number of methoxy groups -OCH3 is 1. The maximum absolute atomic E-state index is 5.32. The second-order valence-electron chi connectivity index (χ2n) is 4.75. The van der Waals surface area contributed by atoms with E-state index in [1.54, 1.807) is 7.11 Å². The lowest BCUT2D eigenvalue weighted by atomic mass is 10.1. The standard InChI is InChI=1S/C11H20N4O2/c1-11(2,16-3)10-13-9(17-14-10)8-15-6-4-12-5-7-15/h12H,4-8H2,1-3H3. The van der Waals surface area contributed by atoms with Gasteiger partial charge in [0.15, 0.2) is 0 Å². The topological polar surface area (TPSA) is 63.4 Å². The summed E-state index contributed by atoms with van der Waals surface area (Å²) < 4.78 is 10.6. The third kappa shape index (κ3) is 3.02. The summed E-state index contributed by atoms with van der Waals surface area (Å²) in [7, 11) is 1.65. The molecule has 6 nitrogen and oxygen atoms in total. The summed E-state index contributed by atoms with van der Waals surface area (Å²) in [6.45, 7) is 8.64. The summed E-state index contributed by atoms with van der Waals surface area (Å²) in [5.41, 5.74) is -0.495. The van der Waals surface area contributed by atoms with Crippen molar-refractivity contribution in [3.05, 3.63) is 11.7 Å². The molecule has 0 aliphatic carbocycles. The normalized spacial score (nSPS) is 18.5. The van der Waals surface area contributed by atoms with Gasteiger partial charge in [-0.1, -0.05) is 5.16 Å². The van der Waals surface area contributed by atoms with Crippen LogP contribution in [0.5, 0.6) is 0 Å². The van der Waals surface area contributed by atoms with E-state index in [2.05, 4.69) is 20.4 Å². The van der Waals surface area contributed by atoms with Gasteiger partial charge in [0.2, 0.25) is 11.7 Å². The molecule has 0 bridgehead atoms. The van der Waals surface area contributed by atoms with Gasteiger partial charge in [-0.2, -0.15) is 4.98 Å². The van der Waals surface area contributed by atoms with Crippen molar-refractivity contribution >= 4 is 0 Å². The molecule has 0 amide bonds. The highest BCUT2D eigenvalue weighted by molar-refractivity contribution is 4.97. The minimum atomic E-state index is -0.495. The van der Waals surface area contributed by atoms with E-state index >= 15 is 0 Å². The molecule has 1 saturated heterocycles. The Morgan fingerprint density at radius 2 is 2.12 bits per heavy atom. The van der Waals surface area contributed by atoms with Crippen LogP contribution in [-0.4, -0.2) is 48.3 Å². The Morgan fingerprint density at radius 1 is 1.41 bits per heavy atom. The first-order chi connectivity index (χ1) is 8.12. The minimum absolute atomic E-state index is 0.495. The Labute approximate surface area is 101 Å². The third-order valence-electron chi connectivity index (χ3n) is 3.09. The van der Waals surface area contributed by atoms with Crippen molar-refractivity contribution in [1.82, 2.24) is 20.4 Å². The highest BCUT2D eigenvalue weighted by Gasteiger charge is 2.26. The van der Waals surface area contributed by atoms with Gasteiger partial charge in [0, 0.05) is 33.3 Å². The molecule has 96 valence electrons. The number of nitrogens with zero attached hydrogens (tertiary/aromatic N) is 3. The summed E-state index contributed by atoms with van der Waals surface area (Å²) >= 11 is 0. The van der Waals surface area contributed by atoms with Crippen LogP contribution in [0, 0.1) is 0 Å². The molecule has 0 spiro atoms. The molecule has 0 atom stereocenters. The molecule has 2 rings (SSSR count). The predicted octanol–water partition coefficient (Wildman–Crippen LogP) is 0.356. The maximum Gasteiger partial charge on any atom is 0.240 e. The molecule has 1 fully saturated rings. The van der Waals surface area contributed by atoms with E-state index in [4.69, 9.17) is 9.26 Å². The molecule has 17 heavy (non-hydrogen) atoms. The summed E-state index contributed by atoms with van der Waals surface area (Å²) in [5, 5.41) is 7.28. The molecule has 2 heterocycles. The van der Waals surface area contributed by atoms with Crippen LogP contribution in [0.3, 0.4) is 0 Å². The largest absolute Gasteiger partial charge is 0.371 e. The summed E-state index contributed by atoms with van der Waals surface area (Å²) in [6, 6.07) is 0. The van der Waals surface area contributed by atoms with E-state index in [9.17, 15) is 0 Å². The molecule has 1 aliphatic rings. The molecule has 0 saturated carbocycles. The van der Waals surface area contributed by atoms with E-state index in [-0.39, 0.29) is 0 Å². The number of piperazine rings is 1. The average molecular weight is 240 g/mol. The quantitative estimate of drug-likeness (QED) is 0.819. The zero-order valence-corrected chi connectivity index (χ0v) is 10.7. The van der Waals surface area contributed by atoms with Gasteiger partial charge in [0.05, 0.1) is 6.54 Å². The smallest absolute Gasteiger partial charge is 0.240 e. The monoisotopic (exact) mass is 240 g/mol. The van der Waals surface area contributed by atoms with Crippen LogP contribution in [-0.2, 0) is 16.9 Å². The maximum atomic E-state index is 5.32. The number of ether oxygens (including phenoxy) is 1. The van der Waals surface area contributed by atoms with Gasteiger partial charge in [0.1, 0.15) is 5.60 Å². The summed E-state index contributed by atoms with van der Waals surface area (Å²) in [5.74, 6) is 1.26. The van der Waals surface area contributed by atoms with Crippen molar-refractivity contribution in [1.29, 1.82) is 0 Å². The lowest BCUT2D eigenvalue weighted by molar-refractivity contribution is 0.00973. The lowest BCUT2D eigenvalue weighted by Gasteiger charge is -2.25. The molecule has 6 heteroatoms. The van der Waals surface area contributed by atoms with Gasteiger partial charge < -0.3 is 14.6 Å². The van der Waals surface area contributed by atoms with Crippen LogP contribution < -0.4 is 5.32 Å². The fourth-order valence-corrected chi connectivity index (χ4v) is 1.72. The van der Waals surface area contributed by atoms with E-state index in [1.165, 1.54) is 0 Å². The van der Waals surface area contributed by atoms with Crippen LogP contribution in [0.2, 0.25) is 0 Å². The van der Waals surface area contributed by atoms with E-state index in [1.807, 2.05) is 13.8 Å². The molecule has 1 N–H and O–H groups in total. The van der Waals surface area contributed by atoms with Gasteiger partial charge in [-0.15, -0.1) is 0 Å². The van der Waals surface area contributed by atoms with Crippen molar-refractivity contribution in [3.8, 4) is 0 Å². The fourth-order valence-electron chi connectivity index (χ4n) is 1.72. The Balaban J connectivity index is 1.98. The van der Waals surface area contributed by atoms with Gasteiger partial charge in [-0.3, -0.25) is 4.90 Å². The zero-order chi connectivity index (χ0) is 12.3. The number of nitrogens with one attached hydrogen (secondary N) is 1. The molecular weight excluding hydrogens is 220 g/mol. The highest BCUT2D eigenvalue weighted by Crippen LogP contribution is 2.20. The van der Waals surface area contributed by atoms with E-state index in [0.717, 1.165) is 26.2 Å². The summed E-state index contributed by atoms with van der Waals surface area (Å²) in [4.78, 5) is 6.68. The second kappa shape index (κ2) is 5.12. The average Bonchev–Trinajstić information content (AvgIpc) is 2.80. The minimum Gasteiger partial charge on any atom is -0.371 e. The van der Waals surface area contributed by atoms with Crippen molar-refractivity contribution in [2.24, 2.45) is 0 Å². The SMILES string of the molecule is COC(C)(C)c1noc(CN2CCNCC2)n1. The van der Waals surface area contributed by atoms with Crippen LogP contribution in [0.25, 0.3) is 0 Å². The van der Waals surface area contributed by atoms with Crippen molar-refractivity contribution in [2.45, 2.75) is 26.0 Å². The van der Waals surface area contributed by atoms with Gasteiger partial charge in [-0.05, 0) is 13.8 Å². The van der Waals surface area contributed by atoms with Crippen molar-refractivity contribution in [3.63, 3.8) is 0 Å². The van der Waals surface area contributed by atoms with Crippen LogP contribution in [0.4, 0.5) is 0 Å².